The Bertz CT molecular complexity index is 366. The molecule has 0 saturated heterocycles. The molecule has 0 spiro atoms. The smallest absolute Gasteiger partial charge is 0.127 e. The van der Waals surface area contributed by atoms with Crippen molar-refractivity contribution < 1.29 is 4.74 Å². The first-order valence-electron chi connectivity index (χ1n) is 4.35. The Balaban J connectivity index is 2.47. The topological polar surface area (TPSA) is 35.2 Å². The number of anilines is 1. The third-order valence-corrected chi connectivity index (χ3v) is 2.07. The van der Waals surface area contributed by atoms with Gasteiger partial charge in [-0.1, -0.05) is 6.08 Å². The van der Waals surface area contributed by atoms with Gasteiger partial charge in [-0.2, -0.15) is 0 Å². The molecule has 2 N–H and O–H groups in total. The van der Waals surface area contributed by atoms with Crippen molar-refractivity contribution in [2.45, 2.75) is 19.4 Å². The van der Waals surface area contributed by atoms with Crippen molar-refractivity contribution in [2.24, 2.45) is 0 Å². The Kier molecular flexibility index (Phi) is 1.59. The molecule has 0 bridgehead atoms. The fourth-order valence-corrected chi connectivity index (χ4v) is 1.40. The zero-order chi connectivity index (χ0) is 9.47. The lowest BCUT2D eigenvalue weighted by molar-refractivity contribution is 0.159. The second-order valence-corrected chi connectivity index (χ2v) is 3.84. The van der Waals surface area contributed by atoms with Gasteiger partial charge < -0.3 is 10.5 Å². The van der Waals surface area contributed by atoms with Crippen LogP contribution in [0.5, 0.6) is 5.75 Å². The molecule has 1 aromatic rings. The van der Waals surface area contributed by atoms with E-state index in [2.05, 4.69) is 6.08 Å². The number of hydrogen-bond donors (Lipinski definition) is 1. The highest BCUT2D eigenvalue weighted by Gasteiger charge is 2.20. The van der Waals surface area contributed by atoms with Crippen LogP contribution in [0.25, 0.3) is 6.08 Å². The number of nitrogen functional groups attached to an aromatic ring is 1. The number of benzene rings is 1. The average Bonchev–Trinajstić information content (AvgIpc) is 2.05. The normalized spacial score (nSPS) is 17.7. The van der Waals surface area contributed by atoms with Crippen LogP contribution in [-0.4, -0.2) is 5.60 Å². The molecular formula is C11H13NO. The van der Waals surface area contributed by atoms with Gasteiger partial charge in [0.25, 0.3) is 0 Å². The Morgan fingerprint density at radius 2 is 2.08 bits per heavy atom. The van der Waals surface area contributed by atoms with E-state index in [0.717, 1.165) is 17.0 Å². The molecular weight excluding hydrogens is 162 g/mol. The van der Waals surface area contributed by atoms with Crippen LogP contribution >= 0.6 is 0 Å². The lowest BCUT2D eigenvalue weighted by Crippen LogP contribution is -2.27. The van der Waals surface area contributed by atoms with Gasteiger partial charge in [0.2, 0.25) is 0 Å². The fraction of sp³-hybridized carbons (Fsp3) is 0.273. The molecule has 1 aliphatic rings. The minimum Gasteiger partial charge on any atom is -0.483 e. The number of hydrogen-bond acceptors (Lipinski definition) is 2. The van der Waals surface area contributed by atoms with Gasteiger partial charge in [0.1, 0.15) is 11.4 Å². The number of fused-ring (bicyclic) bond motifs is 1. The molecule has 0 amide bonds. The highest BCUT2D eigenvalue weighted by atomic mass is 16.5. The maximum absolute atomic E-state index is 5.73. The van der Waals surface area contributed by atoms with E-state index in [1.54, 1.807) is 0 Å². The summed E-state index contributed by atoms with van der Waals surface area (Å²) in [6.45, 7) is 4.06. The van der Waals surface area contributed by atoms with Crippen molar-refractivity contribution in [1.82, 2.24) is 0 Å². The second-order valence-electron chi connectivity index (χ2n) is 3.84. The fourth-order valence-electron chi connectivity index (χ4n) is 1.40. The molecule has 0 unspecified atom stereocenters. The molecule has 2 heteroatoms. The summed E-state index contributed by atoms with van der Waals surface area (Å²) in [5.41, 5.74) is 7.28. The third-order valence-electron chi connectivity index (χ3n) is 2.07. The summed E-state index contributed by atoms with van der Waals surface area (Å²) in [5, 5.41) is 0. The van der Waals surface area contributed by atoms with Crippen LogP contribution in [0.3, 0.4) is 0 Å². The van der Waals surface area contributed by atoms with E-state index in [4.69, 9.17) is 10.5 Å². The van der Waals surface area contributed by atoms with E-state index in [-0.39, 0.29) is 5.60 Å². The third kappa shape index (κ3) is 1.52. The van der Waals surface area contributed by atoms with Crippen molar-refractivity contribution in [2.75, 3.05) is 5.73 Å². The van der Waals surface area contributed by atoms with Gasteiger partial charge in [-0.25, -0.2) is 0 Å². The molecule has 1 heterocycles. The van der Waals surface area contributed by atoms with Crippen LogP contribution in [0, 0.1) is 0 Å². The summed E-state index contributed by atoms with van der Waals surface area (Å²) in [4.78, 5) is 0. The van der Waals surface area contributed by atoms with Crippen LogP contribution in [0.2, 0.25) is 0 Å². The second kappa shape index (κ2) is 2.52. The van der Waals surface area contributed by atoms with Crippen molar-refractivity contribution >= 4 is 11.8 Å². The Labute approximate surface area is 78.0 Å². The SMILES string of the molecule is CC1(C)C=Cc2cc(N)ccc2O1. The average molecular weight is 175 g/mol. The predicted octanol–water partition coefficient (Wildman–Crippen LogP) is 2.45. The monoisotopic (exact) mass is 175 g/mol. The summed E-state index contributed by atoms with van der Waals surface area (Å²) in [7, 11) is 0. The van der Waals surface area contributed by atoms with Gasteiger partial charge in [-0.3, -0.25) is 0 Å². The van der Waals surface area contributed by atoms with Crippen LogP contribution in [0.15, 0.2) is 24.3 Å². The van der Waals surface area contributed by atoms with E-state index >= 15 is 0 Å². The minimum atomic E-state index is -0.205. The van der Waals surface area contributed by atoms with Gasteiger partial charge in [0.15, 0.2) is 0 Å². The first-order valence-corrected chi connectivity index (χ1v) is 4.35. The van der Waals surface area contributed by atoms with Crippen molar-refractivity contribution in [3.63, 3.8) is 0 Å². The molecule has 1 aromatic carbocycles. The van der Waals surface area contributed by atoms with Crippen molar-refractivity contribution in [3.8, 4) is 5.75 Å². The van der Waals surface area contributed by atoms with Crippen LogP contribution in [0.1, 0.15) is 19.4 Å². The lowest BCUT2D eigenvalue weighted by Gasteiger charge is -2.27. The van der Waals surface area contributed by atoms with E-state index in [9.17, 15) is 0 Å². The van der Waals surface area contributed by atoms with E-state index in [1.807, 2.05) is 38.1 Å². The van der Waals surface area contributed by atoms with Gasteiger partial charge in [-0.15, -0.1) is 0 Å². The van der Waals surface area contributed by atoms with Crippen LogP contribution < -0.4 is 10.5 Å². The van der Waals surface area contributed by atoms with Crippen molar-refractivity contribution in [3.05, 3.63) is 29.8 Å². The molecule has 0 atom stereocenters. The van der Waals surface area contributed by atoms with E-state index in [1.165, 1.54) is 0 Å². The highest BCUT2D eigenvalue weighted by molar-refractivity contribution is 5.65. The predicted molar refractivity (Wildman–Crippen MR) is 54.6 cm³/mol. The number of rotatable bonds is 0. The summed E-state index contributed by atoms with van der Waals surface area (Å²) in [5.74, 6) is 0.904. The molecule has 1 aliphatic heterocycles. The quantitative estimate of drug-likeness (QED) is 0.615. The minimum absolute atomic E-state index is 0.205. The highest BCUT2D eigenvalue weighted by Crippen LogP contribution is 2.31. The molecule has 13 heavy (non-hydrogen) atoms. The Hall–Kier alpha value is -1.44. The Morgan fingerprint density at radius 1 is 1.31 bits per heavy atom. The van der Waals surface area contributed by atoms with Gasteiger partial charge in [0, 0.05) is 11.3 Å². The first kappa shape index (κ1) is 8.17. The summed E-state index contributed by atoms with van der Waals surface area (Å²) >= 11 is 0. The zero-order valence-corrected chi connectivity index (χ0v) is 7.87. The molecule has 0 aliphatic carbocycles. The van der Waals surface area contributed by atoms with E-state index in [0.29, 0.717) is 0 Å². The molecule has 0 radical (unpaired) electrons. The van der Waals surface area contributed by atoms with Crippen LogP contribution in [-0.2, 0) is 0 Å². The van der Waals surface area contributed by atoms with Crippen LogP contribution in [0.4, 0.5) is 5.69 Å². The molecule has 0 fully saturated rings. The maximum Gasteiger partial charge on any atom is 0.127 e. The zero-order valence-electron chi connectivity index (χ0n) is 7.87. The number of nitrogens with two attached hydrogens (primary N) is 1. The molecule has 2 nitrogen and oxygen atoms in total. The summed E-state index contributed by atoms with van der Waals surface area (Å²) in [6.07, 6.45) is 4.09. The van der Waals surface area contributed by atoms with Gasteiger partial charge in [-0.05, 0) is 38.1 Å². The van der Waals surface area contributed by atoms with E-state index < -0.39 is 0 Å². The summed E-state index contributed by atoms with van der Waals surface area (Å²) < 4.78 is 5.73. The maximum atomic E-state index is 5.73. The summed E-state index contributed by atoms with van der Waals surface area (Å²) in [6, 6.07) is 5.69. The largest absolute Gasteiger partial charge is 0.483 e. The van der Waals surface area contributed by atoms with Gasteiger partial charge in [0.05, 0.1) is 0 Å². The first-order chi connectivity index (χ1) is 6.07. The standard InChI is InChI=1S/C11H13NO/c1-11(2)6-5-8-7-9(12)3-4-10(8)13-11/h3-7H,12H2,1-2H3. The lowest BCUT2D eigenvalue weighted by atomic mass is 10.0. The Morgan fingerprint density at radius 3 is 2.85 bits per heavy atom. The van der Waals surface area contributed by atoms with Crippen molar-refractivity contribution in [1.29, 1.82) is 0 Å². The molecule has 0 aromatic heterocycles. The number of ether oxygens (including phenoxy) is 1. The molecule has 68 valence electrons. The molecule has 2 rings (SSSR count). The van der Waals surface area contributed by atoms with Gasteiger partial charge >= 0.3 is 0 Å². The molecule has 0 saturated carbocycles.